The lowest BCUT2D eigenvalue weighted by Crippen LogP contribution is -2.06. The maximum Gasteiger partial charge on any atom is 0.151 e. The molecule has 1 unspecified atom stereocenters. The Bertz CT molecular complexity index is 213. The molecule has 0 spiro atoms. The Kier molecular flexibility index (Phi) is 3.52. The summed E-state index contributed by atoms with van der Waals surface area (Å²) in [5.41, 5.74) is 0. The predicted molar refractivity (Wildman–Crippen MR) is 50.2 cm³/mol. The van der Waals surface area contributed by atoms with Gasteiger partial charge in [-0.05, 0) is 6.42 Å². The number of hydrogen-bond acceptors (Lipinski definition) is 3. The van der Waals surface area contributed by atoms with Crippen LogP contribution in [0.1, 0.15) is 6.42 Å². The summed E-state index contributed by atoms with van der Waals surface area (Å²) in [6.07, 6.45) is 0.809. The molecule has 11 heavy (non-hydrogen) atoms. The number of alkyl halides is 1. The lowest BCUT2D eigenvalue weighted by molar-refractivity contribution is 0.602. The average molecular weight is 215 g/mol. The molecule has 0 aromatic carbocycles. The van der Waals surface area contributed by atoms with E-state index in [1.165, 1.54) is 0 Å². The molecule has 66 valence electrons. The molecule has 0 N–H and O–H groups in total. The van der Waals surface area contributed by atoms with Crippen LogP contribution in [0.2, 0.25) is 0 Å². The van der Waals surface area contributed by atoms with Gasteiger partial charge in [0, 0.05) is 16.9 Å². The van der Waals surface area contributed by atoms with Crippen LogP contribution in [-0.2, 0) is 9.84 Å². The molecule has 1 fully saturated rings. The van der Waals surface area contributed by atoms with Gasteiger partial charge in [0.15, 0.2) is 9.84 Å². The van der Waals surface area contributed by atoms with Gasteiger partial charge in [-0.2, -0.15) is 11.8 Å². The Morgan fingerprint density at radius 2 is 2.27 bits per heavy atom. The van der Waals surface area contributed by atoms with E-state index in [1.807, 2.05) is 0 Å². The number of rotatable bonds is 3. The van der Waals surface area contributed by atoms with Gasteiger partial charge in [0.2, 0.25) is 0 Å². The zero-order valence-electron chi connectivity index (χ0n) is 6.12. The second-order valence-electron chi connectivity index (χ2n) is 2.58. The highest BCUT2D eigenvalue weighted by molar-refractivity contribution is 8.01. The lowest BCUT2D eigenvalue weighted by atomic mass is 10.4. The predicted octanol–water partition coefficient (Wildman–Crippen LogP) is 1.15. The quantitative estimate of drug-likeness (QED) is 0.661. The third-order valence-corrected chi connectivity index (χ3v) is 5.33. The number of hydrogen-bond donors (Lipinski definition) is 0. The van der Waals surface area contributed by atoms with Gasteiger partial charge in [0.1, 0.15) is 0 Å². The molecule has 1 heterocycles. The smallest absolute Gasteiger partial charge is 0.151 e. The third-order valence-electron chi connectivity index (χ3n) is 1.62. The summed E-state index contributed by atoms with van der Waals surface area (Å²) >= 11 is 7.16. The van der Waals surface area contributed by atoms with Crippen molar-refractivity contribution in [2.45, 2.75) is 11.7 Å². The van der Waals surface area contributed by atoms with E-state index < -0.39 is 9.84 Å². The van der Waals surface area contributed by atoms with Crippen LogP contribution in [0.25, 0.3) is 0 Å². The Morgan fingerprint density at radius 3 is 2.73 bits per heavy atom. The minimum absolute atomic E-state index is 0.304. The highest BCUT2D eigenvalue weighted by Gasteiger charge is 2.27. The normalized spacial score (nSPS) is 29.0. The van der Waals surface area contributed by atoms with Crippen molar-refractivity contribution in [3.8, 4) is 0 Å². The lowest BCUT2D eigenvalue weighted by Gasteiger charge is -2.03. The van der Waals surface area contributed by atoms with E-state index in [9.17, 15) is 8.42 Å². The van der Waals surface area contributed by atoms with Crippen LogP contribution < -0.4 is 0 Å². The molecule has 1 atom stereocenters. The van der Waals surface area contributed by atoms with E-state index in [0.29, 0.717) is 22.6 Å². The molecule has 5 heteroatoms. The first-order valence-corrected chi connectivity index (χ1v) is 6.92. The monoisotopic (exact) mass is 214 g/mol. The molecule has 1 aliphatic heterocycles. The molecular formula is C6H11ClO2S2. The fourth-order valence-electron chi connectivity index (χ4n) is 1.10. The largest absolute Gasteiger partial charge is 0.229 e. The van der Waals surface area contributed by atoms with Crippen LogP contribution in [0.4, 0.5) is 0 Å². The van der Waals surface area contributed by atoms with Crippen LogP contribution >= 0.6 is 23.4 Å². The molecule has 0 amide bonds. The molecule has 0 radical (unpaired) electrons. The molecule has 1 saturated heterocycles. The standard InChI is InChI=1S/C6H11ClO2S2/c7-2-3-10-6-1-4-11(8,9)5-6/h6H,1-5H2. The first-order chi connectivity index (χ1) is 5.14. The Balaban J connectivity index is 2.31. The molecular weight excluding hydrogens is 204 g/mol. The van der Waals surface area contributed by atoms with Gasteiger partial charge in [-0.15, -0.1) is 11.6 Å². The first kappa shape index (κ1) is 9.68. The van der Waals surface area contributed by atoms with E-state index in [1.54, 1.807) is 11.8 Å². The summed E-state index contributed by atoms with van der Waals surface area (Å²) in [5.74, 6) is 2.20. The maximum absolute atomic E-state index is 11.0. The van der Waals surface area contributed by atoms with Crippen LogP contribution in [-0.4, -0.2) is 36.8 Å². The Hall–Kier alpha value is 0.590. The van der Waals surface area contributed by atoms with Gasteiger partial charge in [0.25, 0.3) is 0 Å². The summed E-state index contributed by atoms with van der Waals surface area (Å²) in [5, 5.41) is 0.304. The van der Waals surface area contributed by atoms with Crippen molar-refractivity contribution >= 4 is 33.2 Å². The number of sulfone groups is 1. The molecule has 2 nitrogen and oxygen atoms in total. The van der Waals surface area contributed by atoms with Gasteiger partial charge >= 0.3 is 0 Å². The molecule has 1 rings (SSSR count). The summed E-state index contributed by atoms with van der Waals surface area (Å²) in [6.45, 7) is 0. The molecule has 0 aliphatic carbocycles. The van der Waals surface area contributed by atoms with Crippen molar-refractivity contribution in [2.24, 2.45) is 0 Å². The van der Waals surface area contributed by atoms with Gasteiger partial charge in [-0.1, -0.05) is 0 Å². The van der Waals surface area contributed by atoms with Crippen LogP contribution in [0.3, 0.4) is 0 Å². The third kappa shape index (κ3) is 3.22. The molecule has 0 aromatic rings. The topological polar surface area (TPSA) is 34.1 Å². The molecule has 1 aliphatic rings. The van der Waals surface area contributed by atoms with E-state index in [4.69, 9.17) is 11.6 Å². The summed E-state index contributed by atoms with van der Waals surface area (Å²) in [7, 11) is -2.69. The maximum atomic E-state index is 11.0. The van der Waals surface area contributed by atoms with E-state index in [2.05, 4.69) is 0 Å². The zero-order valence-corrected chi connectivity index (χ0v) is 8.51. The van der Waals surface area contributed by atoms with Crippen LogP contribution in [0.15, 0.2) is 0 Å². The van der Waals surface area contributed by atoms with Crippen molar-refractivity contribution in [3.63, 3.8) is 0 Å². The van der Waals surface area contributed by atoms with E-state index in [0.717, 1.165) is 12.2 Å². The number of thioether (sulfide) groups is 1. The molecule has 0 aromatic heterocycles. The Labute approximate surface area is 76.6 Å². The minimum atomic E-state index is -2.69. The second kappa shape index (κ2) is 4.01. The summed E-state index contributed by atoms with van der Waals surface area (Å²) < 4.78 is 21.9. The number of halogens is 1. The van der Waals surface area contributed by atoms with E-state index in [-0.39, 0.29) is 0 Å². The van der Waals surface area contributed by atoms with Crippen LogP contribution in [0.5, 0.6) is 0 Å². The minimum Gasteiger partial charge on any atom is -0.229 e. The molecule has 0 saturated carbocycles. The van der Waals surface area contributed by atoms with Crippen molar-refractivity contribution in [3.05, 3.63) is 0 Å². The van der Waals surface area contributed by atoms with Crippen molar-refractivity contribution in [1.82, 2.24) is 0 Å². The van der Waals surface area contributed by atoms with Crippen LogP contribution in [0, 0.1) is 0 Å². The van der Waals surface area contributed by atoms with Gasteiger partial charge < -0.3 is 0 Å². The summed E-state index contributed by atoms with van der Waals surface area (Å²) in [6, 6.07) is 0. The second-order valence-corrected chi connectivity index (χ2v) is 6.60. The summed E-state index contributed by atoms with van der Waals surface area (Å²) in [4.78, 5) is 0. The fraction of sp³-hybridized carbons (Fsp3) is 1.00. The van der Waals surface area contributed by atoms with Gasteiger partial charge in [0.05, 0.1) is 11.5 Å². The highest BCUT2D eigenvalue weighted by atomic mass is 35.5. The average Bonchev–Trinajstić information content (AvgIpc) is 2.26. The molecule has 0 bridgehead atoms. The van der Waals surface area contributed by atoms with E-state index >= 15 is 0 Å². The van der Waals surface area contributed by atoms with Gasteiger partial charge in [-0.25, -0.2) is 8.42 Å². The Morgan fingerprint density at radius 1 is 1.55 bits per heavy atom. The highest BCUT2D eigenvalue weighted by Crippen LogP contribution is 2.23. The van der Waals surface area contributed by atoms with Crippen molar-refractivity contribution < 1.29 is 8.42 Å². The fourth-order valence-corrected chi connectivity index (χ4v) is 4.78. The SMILES string of the molecule is O=S1(=O)CCC(SCCCl)C1. The van der Waals surface area contributed by atoms with Crippen molar-refractivity contribution in [1.29, 1.82) is 0 Å². The van der Waals surface area contributed by atoms with Gasteiger partial charge in [-0.3, -0.25) is 0 Å². The zero-order chi connectivity index (χ0) is 8.32. The van der Waals surface area contributed by atoms with Crippen molar-refractivity contribution in [2.75, 3.05) is 23.1 Å². The first-order valence-electron chi connectivity index (χ1n) is 3.52.